The van der Waals surface area contributed by atoms with Crippen LogP contribution in [0.5, 0.6) is 11.5 Å². The maximum absolute atomic E-state index is 12.4. The summed E-state index contributed by atoms with van der Waals surface area (Å²) < 4.78 is 16.0. The van der Waals surface area contributed by atoms with Crippen molar-refractivity contribution in [2.75, 3.05) is 19.5 Å². The molecule has 3 rings (SSSR count). The highest BCUT2D eigenvalue weighted by atomic mass is 35.5. The van der Waals surface area contributed by atoms with Crippen LogP contribution in [0.2, 0.25) is 5.02 Å². The van der Waals surface area contributed by atoms with Gasteiger partial charge in [0.2, 0.25) is 5.91 Å². The van der Waals surface area contributed by atoms with Gasteiger partial charge in [0.15, 0.2) is 11.5 Å². The first-order chi connectivity index (χ1) is 12.0. The Balaban J connectivity index is 1.80. The molecule has 1 N–H and O–H groups in total. The van der Waals surface area contributed by atoms with Gasteiger partial charge in [-0.1, -0.05) is 23.7 Å². The lowest BCUT2D eigenvalue weighted by atomic mass is 10.1. The fourth-order valence-electron chi connectivity index (χ4n) is 2.64. The standard InChI is InChI=1S/C19H18ClNO4/c1-11-4-5-13-12(10-25-16(13)6-11)7-19(22)21-15-9-18(24-3)17(23-2)8-14(15)20/h4-6,8-10H,7H2,1-3H3,(H,21,22). The van der Waals surface area contributed by atoms with Crippen LogP contribution in [0.15, 0.2) is 41.0 Å². The summed E-state index contributed by atoms with van der Waals surface area (Å²) in [5, 5.41) is 4.11. The van der Waals surface area contributed by atoms with E-state index in [9.17, 15) is 4.79 Å². The molecule has 6 heteroatoms. The van der Waals surface area contributed by atoms with Crippen LogP contribution in [0, 0.1) is 6.92 Å². The number of hydrogen-bond acceptors (Lipinski definition) is 4. The molecule has 1 heterocycles. The summed E-state index contributed by atoms with van der Waals surface area (Å²) in [6.45, 7) is 1.99. The Bertz CT molecular complexity index is 933. The number of carbonyl (C=O) groups is 1. The summed E-state index contributed by atoms with van der Waals surface area (Å²) in [6.07, 6.45) is 1.79. The molecule has 3 aromatic rings. The van der Waals surface area contributed by atoms with Crippen LogP contribution >= 0.6 is 11.6 Å². The molecule has 0 unspecified atom stereocenters. The summed E-state index contributed by atoms with van der Waals surface area (Å²) in [7, 11) is 3.05. The third-order valence-corrected chi connectivity index (χ3v) is 4.22. The van der Waals surface area contributed by atoms with Crippen molar-refractivity contribution in [2.24, 2.45) is 0 Å². The normalized spacial score (nSPS) is 10.7. The second-order valence-corrected chi connectivity index (χ2v) is 6.08. The molecule has 0 saturated carbocycles. The van der Waals surface area contributed by atoms with E-state index >= 15 is 0 Å². The minimum Gasteiger partial charge on any atom is -0.493 e. The predicted octanol–water partition coefficient (Wildman–Crippen LogP) is 4.59. The zero-order valence-corrected chi connectivity index (χ0v) is 14.9. The molecule has 0 spiro atoms. The summed E-state index contributed by atoms with van der Waals surface area (Å²) in [6, 6.07) is 9.13. The fourth-order valence-corrected chi connectivity index (χ4v) is 2.85. The van der Waals surface area contributed by atoms with Crippen molar-refractivity contribution in [1.82, 2.24) is 0 Å². The SMILES string of the molecule is COc1cc(Cl)c(NC(=O)Cc2coc3cc(C)ccc23)cc1OC. The largest absolute Gasteiger partial charge is 0.493 e. The number of ether oxygens (including phenoxy) is 2. The molecule has 5 nitrogen and oxygen atoms in total. The molecular weight excluding hydrogens is 342 g/mol. The number of hydrogen-bond donors (Lipinski definition) is 1. The first kappa shape index (κ1) is 17.2. The minimum atomic E-state index is -0.197. The summed E-state index contributed by atoms with van der Waals surface area (Å²) in [5.74, 6) is 0.797. The van der Waals surface area contributed by atoms with Gasteiger partial charge in [-0.15, -0.1) is 0 Å². The average molecular weight is 360 g/mol. The van der Waals surface area contributed by atoms with E-state index in [0.717, 1.165) is 22.1 Å². The monoisotopic (exact) mass is 359 g/mol. The predicted molar refractivity (Wildman–Crippen MR) is 97.8 cm³/mol. The van der Waals surface area contributed by atoms with E-state index in [1.807, 2.05) is 25.1 Å². The molecule has 1 amide bonds. The highest BCUT2D eigenvalue weighted by Gasteiger charge is 2.14. The zero-order chi connectivity index (χ0) is 18.0. The van der Waals surface area contributed by atoms with Crippen molar-refractivity contribution < 1.29 is 18.7 Å². The smallest absolute Gasteiger partial charge is 0.228 e. The highest BCUT2D eigenvalue weighted by molar-refractivity contribution is 6.34. The summed E-state index contributed by atoms with van der Waals surface area (Å²) >= 11 is 6.21. The molecule has 0 aliphatic rings. The lowest BCUT2D eigenvalue weighted by Gasteiger charge is -2.12. The molecular formula is C19H18ClNO4. The maximum atomic E-state index is 12.4. The van der Waals surface area contributed by atoms with Crippen molar-refractivity contribution in [3.8, 4) is 11.5 Å². The Labute approximate surface area is 150 Å². The maximum Gasteiger partial charge on any atom is 0.228 e. The molecule has 0 aliphatic carbocycles. The van der Waals surface area contributed by atoms with Gasteiger partial charge in [-0.25, -0.2) is 0 Å². The van der Waals surface area contributed by atoms with E-state index in [0.29, 0.717) is 22.2 Å². The third kappa shape index (κ3) is 3.56. The molecule has 130 valence electrons. The first-order valence-electron chi connectivity index (χ1n) is 7.70. The molecule has 2 aromatic carbocycles. The Hall–Kier alpha value is -2.66. The number of rotatable bonds is 5. The first-order valence-corrected chi connectivity index (χ1v) is 8.07. The summed E-state index contributed by atoms with van der Waals surface area (Å²) in [4.78, 5) is 12.4. The highest BCUT2D eigenvalue weighted by Crippen LogP contribution is 2.36. The van der Waals surface area contributed by atoms with Gasteiger partial charge in [0.1, 0.15) is 5.58 Å². The number of furan rings is 1. The van der Waals surface area contributed by atoms with Gasteiger partial charge >= 0.3 is 0 Å². The molecule has 0 aliphatic heterocycles. The van der Waals surface area contributed by atoms with Gasteiger partial charge in [-0.05, 0) is 18.6 Å². The Kier molecular flexibility index (Phi) is 4.86. The van der Waals surface area contributed by atoms with E-state index < -0.39 is 0 Å². The van der Waals surface area contributed by atoms with E-state index in [2.05, 4.69) is 5.32 Å². The van der Waals surface area contributed by atoms with Crippen LogP contribution in [0.4, 0.5) is 5.69 Å². The average Bonchev–Trinajstić information content (AvgIpc) is 2.98. The van der Waals surface area contributed by atoms with E-state index in [1.165, 1.54) is 14.2 Å². The second-order valence-electron chi connectivity index (χ2n) is 5.67. The summed E-state index contributed by atoms with van der Waals surface area (Å²) in [5.41, 5.74) is 3.17. The second kappa shape index (κ2) is 7.07. The van der Waals surface area contributed by atoms with Crippen LogP contribution < -0.4 is 14.8 Å². The van der Waals surface area contributed by atoms with Gasteiger partial charge < -0.3 is 19.2 Å². The van der Waals surface area contributed by atoms with E-state index in [-0.39, 0.29) is 12.3 Å². The number of amides is 1. The lowest BCUT2D eigenvalue weighted by Crippen LogP contribution is -2.14. The van der Waals surface area contributed by atoms with E-state index in [1.54, 1.807) is 18.4 Å². The molecule has 0 radical (unpaired) electrons. The molecule has 0 fully saturated rings. The molecule has 0 saturated heterocycles. The van der Waals surface area contributed by atoms with Gasteiger partial charge in [0.25, 0.3) is 0 Å². The number of fused-ring (bicyclic) bond motifs is 1. The van der Waals surface area contributed by atoms with Crippen LogP contribution in [0.25, 0.3) is 11.0 Å². The Morgan fingerprint density at radius 3 is 2.60 bits per heavy atom. The lowest BCUT2D eigenvalue weighted by molar-refractivity contribution is -0.115. The van der Waals surface area contributed by atoms with Crippen LogP contribution in [-0.4, -0.2) is 20.1 Å². The number of aryl methyl sites for hydroxylation is 1. The Morgan fingerprint density at radius 2 is 1.88 bits per heavy atom. The van der Waals surface area contributed by atoms with Gasteiger partial charge in [-0.2, -0.15) is 0 Å². The number of benzene rings is 2. The van der Waals surface area contributed by atoms with Gasteiger partial charge in [-0.3, -0.25) is 4.79 Å². The van der Waals surface area contributed by atoms with Crippen molar-refractivity contribution >= 4 is 34.2 Å². The molecule has 0 bridgehead atoms. The Morgan fingerprint density at radius 1 is 1.16 bits per heavy atom. The fraction of sp³-hybridized carbons (Fsp3) is 0.211. The van der Waals surface area contributed by atoms with Crippen molar-refractivity contribution in [2.45, 2.75) is 13.3 Å². The number of halogens is 1. The quantitative estimate of drug-likeness (QED) is 0.723. The van der Waals surface area contributed by atoms with Crippen LogP contribution in [-0.2, 0) is 11.2 Å². The van der Waals surface area contributed by atoms with Crippen molar-refractivity contribution in [3.05, 3.63) is 52.7 Å². The number of anilines is 1. The van der Waals surface area contributed by atoms with Crippen molar-refractivity contribution in [3.63, 3.8) is 0 Å². The molecule has 1 aromatic heterocycles. The van der Waals surface area contributed by atoms with Gasteiger partial charge in [0, 0.05) is 23.1 Å². The van der Waals surface area contributed by atoms with Crippen LogP contribution in [0.3, 0.4) is 0 Å². The van der Waals surface area contributed by atoms with Crippen molar-refractivity contribution in [1.29, 1.82) is 0 Å². The van der Waals surface area contributed by atoms with E-state index in [4.69, 9.17) is 25.5 Å². The number of nitrogens with one attached hydrogen (secondary N) is 1. The zero-order valence-electron chi connectivity index (χ0n) is 14.2. The number of methoxy groups -OCH3 is 2. The number of carbonyl (C=O) groups excluding carboxylic acids is 1. The topological polar surface area (TPSA) is 60.7 Å². The minimum absolute atomic E-state index is 0.181. The van der Waals surface area contributed by atoms with Gasteiger partial charge in [0.05, 0.1) is 37.6 Å². The molecule has 0 atom stereocenters. The molecule has 25 heavy (non-hydrogen) atoms. The third-order valence-electron chi connectivity index (χ3n) is 3.91. The van der Waals surface area contributed by atoms with Crippen LogP contribution in [0.1, 0.15) is 11.1 Å².